The Kier molecular flexibility index (Phi) is 11.1. The number of halogens is 1. The van der Waals surface area contributed by atoms with Gasteiger partial charge in [0.25, 0.3) is 5.91 Å². The Morgan fingerprint density at radius 3 is 2.50 bits per heavy atom. The number of hydrogen-bond acceptors (Lipinski definition) is 7. The molecular formula is C37H44ClN3O7. The minimum absolute atomic E-state index is 0.153. The summed E-state index contributed by atoms with van der Waals surface area (Å²) in [6.07, 6.45) is 3.73. The van der Waals surface area contributed by atoms with Crippen molar-refractivity contribution in [3.63, 3.8) is 0 Å². The van der Waals surface area contributed by atoms with Crippen LogP contribution in [0.25, 0.3) is 0 Å². The molecule has 2 aromatic carbocycles. The van der Waals surface area contributed by atoms with Crippen LogP contribution in [0.4, 0.5) is 5.69 Å². The van der Waals surface area contributed by atoms with E-state index in [9.17, 15) is 24.3 Å². The van der Waals surface area contributed by atoms with Crippen molar-refractivity contribution in [1.29, 1.82) is 0 Å². The number of benzene rings is 2. The molecule has 2 bridgehead atoms. The molecule has 0 unspecified atom stereocenters. The molecule has 3 saturated heterocycles. The fourth-order valence-electron chi connectivity index (χ4n) is 7.61. The predicted molar refractivity (Wildman–Crippen MR) is 182 cm³/mol. The van der Waals surface area contributed by atoms with Crippen LogP contribution in [0.3, 0.4) is 0 Å². The number of carbonyl (C=O) groups is 4. The minimum atomic E-state index is -1.30. The van der Waals surface area contributed by atoms with Gasteiger partial charge in [0, 0.05) is 23.7 Å². The van der Waals surface area contributed by atoms with Crippen molar-refractivity contribution in [3.8, 4) is 0 Å². The van der Waals surface area contributed by atoms with Gasteiger partial charge in [-0.05, 0) is 62.4 Å². The fourth-order valence-corrected chi connectivity index (χ4v) is 7.73. The van der Waals surface area contributed by atoms with E-state index in [4.69, 9.17) is 21.1 Å². The highest BCUT2D eigenvalue weighted by Crippen LogP contribution is 2.59. The highest BCUT2D eigenvalue weighted by molar-refractivity contribution is 6.30. The average molecular weight is 678 g/mol. The van der Waals surface area contributed by atoms with Gasteiger partial charge in [0.15, 0.2) is 0 Å². The number of ether oxygens (including phenoxy) is 2. The van der Waals surface area contributed by atoms with Gasteiger partial charge in [-0.15, -0.1) is 13.2 Å². The zero-order valence-corrected chi connectivity index (χ0v) is 28.2. The van der Waals surface area contributed by atoms with Gasteiger partial charge in [-0.2, -0.15) is 0 Å². The second-order valence-corrected chi connectivity index (χ2v) is 13.1. The lowest BCUT2D eigenvalue weighted by atomic mass is 9.70. The molecule has 256 valence electrons. The van der Waals surface area contributed by atoms with E-state index in [2.05, 4.69) is 18.5 Å². The van der Waals surface area contributed by atoms with E-state index in [0.717, 1.165) is 0 Å². The molecule has 8 atom stereocenters. The van der Waals surface area contributed by atoms with E-state index in [1.807, 2.05) is 37.3 Å². The number of nitrogens with zero attached hydrogens (tertiary/aromatic N) is 2. The van der Waals surface area contributed by atoms with Crippen LogP contribution < -0.4 is 10.2 Å². The molecule has 48 heavy (non-hydrogen) atoms. The summed E-state index contributed by atoms with van der Waals surface area (Å²) in [5.74, 6) is -3.64. The number of hydrogen-bond donors (Lipinski definition) is 2. The molecular weight excluding hydrogens is 634 g/mol. The van der Waals surface area contributed by atoms with Gasteiger partial charge in [-0.3, -0.25) is 19.2 Å². The highest BCUT2D eigenvalue weighted by Gasteiger charge is 2.75. The molecule has 0 radical (unpaired) electrons. The van der Waals surface area contributed by atoms with E-state index in [1.54, 1.807) is 43.3 Å². The van der Waals surface area contributed by atoms with Crippen molar-refractivity contribution in [2.75, 3.05) is 18.1 Å². The first-order chi connectivity index (χ1) is 23.1. The highest BCUT2D eigenvalue weighted by atomic mass is 35.5. The molecule has 0 saturated carbocycles. The molecule has 11 heteroatoms. The second-order valence-electron chi connectivity index (χ2n) is 12.7. The van der Waals surface area contributed by atoms with Crippen LogP contribution in [0.5, 0.6) is 0 Å². The Bertz CT molecular complexity index is 1510. The molecule has 3 heterocycles. The van der Waals surface area contributed by atoms with Gasteiger partial charge in [0.1, 0.15) is 17.7 Å². The van der Waals surface area contributed by atoms with Gasteiger partial charge in [0.05, 0.1) is 36.6 Å². The summed E-state index contributed by atoms with van der Waals surface area (Å²) in [6.45, 7) is 10.9. The number of allylic oxidation sites excluding steroid dienone is 1. The molecule has 3 fully saturated rings. The Morgan fingerprint density at radius 2 is 1.88 bits per heavy atom. The number of rotatable bonds is 15. The molecule has 3 aliphatic rings. The first-order valence-electron chi connectivity index (χ1n) is 16.6. The fraction of sp³-hybridized carbons (Fsp3) is 0.459. The summed E-state index contributed by atoms with van der Waals surface area (Å²) in [7, 11) is 0. The maximum atomic E-state index is 14.7. The van der Waals surface area contributed by atoms with Crippen molar-refractivity contribution in [2.45, 2.75) is 81.9 Å². The van der Waals surface area contributed by atoms with Crippen LogP contribution in [-0.2, 0) is 28.7 Å². The summed E-state index contributed by atoms with van der Waals surface area (Å²) in [6, 6.07) is 13.6. The third-order valence-corrected chi connectivity index (χ3v) is 10.1. The average Bonchev–Trinajstić information content (AvgIpc) is 3.74. The number of amides is 3. The van der Waals surface area contributed by atoms with Crippen molar-refractivity contribution >= 4 is 41.0 Å². The normalized spacial score (nSPS) is 25.9. The van der Waals surface area contributed by atoms with Crippen molar-refractivity contribution in [1.82, 2.24) is 10.2 Å². The Morgan fingerprint density at radius 1 is 1.17 bits per heavy atom. The number of aliphatic hydroxyl groups excluding tert-OH is 1. The lowest BCUT2D eigenvalue weighted by molar-refractivity contribution is -0.162. The van der Waals surface area contributed by atoms with Crippen molar-refractivity contribution in [3.05, 3.63) is 90.5 Å². The topological polar surface area (TPSA) is 125 Å². The Balaban J connectivity index is 1.49. The lowest BCUT2D eigenvalue weighted by Gasteiger charge is -2.39. The number of carbonyl (C=O) groups excluding carboxylic acids is 4. The number of nitrogens with one attached hydrogen (secondary N) is 1. The first-order valence-corrected chi connectivity index (χ1v) is 16.9. The van der Waals surface area contributed by atoms with E-state index in [1.165, 1.54) is 9.80 Å². The number of fused-ring (bicyclic) bond motifs is 1. The van der Waals surface area contributed by atoms with E-state index >= 15 is 0 Å². The number of esters is 1. The summed E-state index contributed by atoms with van der Waals surface area (Å²) < 4.78 is 12.8. The number of likely N-dealkylation sites (tertiary alicyclic amines) is 1. The monoisotopic (exact) mass is 677 g/mol. The lowest BCUT2D eigenvalue weighted by Crippen LogP contribution is -2.59. The van der Waals surface area contributed by atoms with Crippen LogP contribution in [-0.4, -0.2) is 76.7 Å². The SMILES string of the molecule is C=CCCC(=O)N[C@H](C)[C@@H](OC(=O)[C@@H]1[C@H]2C(=O)N([C@@H](CC)CO)[C@H](C(=O)N(CC=C)c3ccc(Cl)cc3)[C@]23CC[C@H]1O3)c1ccccc1. The van der Waals surface area contributed by atoms with Crippen LogP contribution in [0.1, 0.15) is 57.6 Å². The molecule has 3 amide bonds. The zero-order chi connectivity index (χ0) is 34.6. The summed E-state index contributed by atoms with van der Waals surface area (Å²) in [4.78, 5) is 59.1. The maximum absolute atomic E-state index is 14.7. The van der Waals surface area contributed by atoms with Gasteiger partial charge in [-0.1, -0.05) is 61.0 Å². The van der Waals surface area contributed by atoms with Gasteiger partial charge in [0.2, 0.25) is 11.8 Å². The maximum Gasteiger partial charge on any atom is 0.313 e. The summed E-state index contributed by atoms with van der Waals surface area (Å²) in [5, 5.41) is 13.8. The van der Waals surface area contributed by atoms with Crippen LogP contribution in [0, 0.1) is 11.8 Å². The first kappa shape index (κ1) is 35.3. The zero-order valence-electron chi connectivity index (χ0n) is 27.4. The number of anilines is 1. The largest absolute Gasteiger partial charge is 0.455 e. The van der Waals surface area contributed by atoms with E-state index in [-0.39, 0.29) is 25.5 Å². The molecule has 0 aromatic heterocycles. The van der Waals surface area contributed by atoms with E-state index in [0.29, 0.717) is 42.0 Å². The molecule has 5 rings (SSSR count). The smallest absolute Gasteiger partial charge is 0.313 e. The standard InChI is InChI=1S/C37H44ClN3O7/c1-5-8-14-29(43)39-23(4)32(24-12-10-9-11-13-24)47-36(46)30-28-19-20-37(48-28)31(30)34(44)41(26(7-3)22-42)33(37)35(45)40(21-6-2)27-17-15-25(38)16-18-27/h5-6,9-13,15-18,23,26,28,30-33,42H,1-2,7-8,14,19-22H2,3-4H3,(H,39,43)/t23-,26+,28-,30+,31+,32-,33-,37+/m1/s1. The van der Waals surface area contributed by atoms with Crippen molar-refractivity contribution in [2.24, 2.45) is 11.8 Å². The minimum Gasteiger partial charge on any atom is -0.455 e. The van der Waals surface area contributed by atoms with Gasteiger partial charge < -0.3 is 29.7 Å². The third kappa shape index (κ3) is 6.53. The quantitative estimate of drug-likeness (QED) is 0.206. The summed E-state index contributed by atoms with van der Waals surface area (Å²) >= 11 is 6.14. The van der Waals surface area contributed by atoms with Crippen LogP contribution >= 0.6 is 11.6 Å². The van der Waals surface area contributed by atoms with Gasteiger partial charge >= 0.3 is 5.97 Å². The van der Waals surface area contributed by atoms with Crippen molar-refractivity contribution < 1.29 is 33.8 Å². The molecule has 2 aromatic rings. The summed E-state index contributed by atoms with van der Waals surface area (Å²) in [5.41, 5.74) is -0.0566. The molecule has 2 N–H and O–H groups in total. The van der Waals surface area contributed by atoms with E-state index < -0.39 is 65.6 Å². The molecule has 0 aliphatic carbocycles. The predicted octanol–water partition coefficient (Wildman–Crippen LogP) is 4.76. The second kappa shape index (κ2) is 15.1. The third-order valence-electron chi connectivity index (χ3n) is 9.83. The Labute approximate surface area is 286 Å². The molecule has 3 aliphatic heterocycles. The molecule has 10 nitrogen and oxygen atoms in total. The van der Waals surface area contributed by atoms with Crippen LogP contribution in [0.15, 0.2) is 79.9 Å². The van der Waals surface area contributed by atoms with Gasteiger partial charge in [-0.25, -0.2) is 0 Å². The van der Waals surface area contributed by atoms with Crippen LogP contribution in [0.2, 0.25) is 5.02 Å². The number of aliphatic hydroxyl groups is 1. The Hall–Kier alpha value is -3.99. The molecule has 1 spiro atoms.